The number of nitrogens with one attached hydrogen (secondary N) is 4. The van der Waals surface area contributed by atoms with Gasteiger partial charge in [-0.25, -0.2) is 4.79 Å². The number of aliphatic hydroxyl groups excluding tert-OH is 3. The molecule has 20 heteroatoms. The molecule has 1 aromatic carbocycles. The van der Waals surface area contributed by atoms with E-state index in [0.717, 1.165) is 6.92 Å². The number of rotatable bonds is 30. The first-order chi connectivity index (χ1) is 27.3. The number of carbonyl (C=O) groups excluding carboxylic acids is 4. The van der Waals surface area contributed by atoms with Crippen LogP contribution in [0.4, 0.5) is 0 Å². The van der Waals surface area contributed by atoms with Crippen molar-refractivity contribution >= 4 is 41.2 Å². The van der Waals surface area contributed by atoms with Gasteiger partial charge in [-0.2, -0.15) is 0 Å². The number of hydrogen-bond donors (Lipinski definition) is 8. The summed E-state index contributed by atoms with van der Waals surface area (Å²) >= 11 is 5.93. The molecule has 4 amide bonds. The molecule has 324 valence electrons. The Kier molecular flexibility index (Phi) is 24.4. The fourth-order valence-electron chi connectivity index (χ4n) is 5.58. The van der Waals surface area contributed by atoms with Crippen LogP contribution in [-0.2, 0) is 47.6 Å². The summed E-state index contributed by atoms with van der Waals surface area (Å²) in [7, 11) is 0. The molecule has 1 fully saturated rings. The summed E-state index contributed by atoms with van der Waals surface area (Å²) in [4.78, 5) is 59.8. The first kappa shape index (κ1) is 49.6. The van der Waals surface area contributed by atoms with Gasteiger partial charge in [0.15, 0.2) is 0 Å². The number of carboxylic acids is 1. The third-order valence-corrected chi connectivity index (χ3v) is 8.73. The number of aliphatic carboxylic acids is 1. The lowest BCUT2D eigenvalue weighted by atomic mass is 9.88. The second kappa shape index (κ2) is 28.0. The summed E-state index contributed by atoms with van der Waals surface area (Å²) in [5.41, 5.74) is 0.198. The van der Waals surface area contributed by atoms with E-state index >= 15 is 0 Å². The number of amides is 4. The Balaban J connectivity index is 1.64. The summed E-state index contributed by atoms with van der Waals surface area (Å²) in [6, 6.07) is 4.72. The van der Waals surface area contributed by atoms with Gasteiger partial charge < -0.3 is 70.1 Å². The highest BCUT2D eigenvalue weighted by atomic mass is 35.5. The number of halogens is 1. The Hall–Kier alpha value is -3.50. The summed E-state index contributed by atoms with van der Waals surface area (Å²) in [6.45, 7) is 5.90. The van der Waals surface area contributed by atoms with Crippen LogP contribution in [0.25, 0.3) is 0 Å². The Bertz CT molecular complexity index is 1380. The van der Waals surface area contributed by atoms with Crippen molar-refractivity contribution in [2.24, 2.45) is 0 Å². The topological polar surface area (TPSA) is 270 Å². The van der Waals surface area contributed by atoms with Gasteiger partial charge in [-0.3, -0.25) is 19.2 Å². The number of ether oxygens (including phenoxy) is 6. The van der Waals surface area contributed by atoms with E-state index in [-0.39, 0.29) is 37.0 Å². The van der Waals surface area contributed by atoms with E-state index in [0.29, 0.717) is 90.0 Å². The summed E-state index contributed by atoms with van der Waals surface area (Å²) < 4.78 is 33.0. The molecular formula is C37H59ClN4O15. The summed E-state index contributed by atoms with van der Waals surface area (Å²) in [6.07, 6.45) is -4.82. The molecular weight excluding hydrogens is 776 g/mol. The lowest BCUT2D eigenvalue weighted by molar-refractivity contribution is -0.310. The van der Waals surface area contributed by atoms with E-state index in [1.54, 1.807) is 12.1 Å². The van der Waals surface area contributed by atoms with Crippen molar-refractivity contribution in [2.45, 2.75) is 88.6 Å². The average Bonchev–Trinajstić information content (AvgIpc) is 3.16. The van der Waals surface area contributed by atoms with Crippen LogP contribution in [0, 0.1) is 0 Å². The number of hydrogen-bond acceptors (Lipinski definition) is 14. The van der Waals surface area contributed by atoms with Gasteiger partial charge in [-0.05, 0) is 31.0 Å². The van der Waals surface area contributed by atoms with Gasteiger partial charge in [0.1, 0.15) is 12.2 Å². The highest BCUT2D eigenvalue weighted by Crippen LogP contribution is 2.34. The standard InChI is InChI=1S/C37H59ClN4O15/c1-25(43)39-12-15-53-17-19-55-21-20-54-18-16-52-14-10-31(47)40-11-5-3-4-6-13-56-37(36(50)51)23-29(45)32(42-26(2)44)34(57-37)33(48)30(46)24-41-35(49)27-8-7-9-28(38)22-27/h7-9,22,29-30,32-34,45-46,48H,3-6,10-21,23-24H2,1-2H3,(H,39,43)(H,40,47)(H,41,49)(H,42,44)(H,50,51)/t29-,30+,32+,33+,34+,37+/m0/s1. The lowest BCUT2D eigenvalue weighted by Crippen LogP contribution is -2.68. The smallest absolute Gasteiger partial charge is 0.364 e. The second-order valence-corrected chi connectivity index (χ2v) is 13.6. The van der Waals surface area contributed by atoms with Gasteiger partial charge in [0.25, 0.3) is 11.7 Å². The number of carbonyl (C=O) groups is 5. The number of aliphatic hydroxyl groups is 3. The van der Waals surface area contributed by atoms with Crippen LogP contribution in [0.3, 0.4) is 0 Å². The van der Waals surface area contributed by atoms with Crippen LogP contribution in [0.2, 0.25) is 5.02 Å². The van der Waals surface area contributed by atoms with Crippen molar-refractivity contribution < 1.29 is 72.8 Å². The molecule has 0 saturated carbocycles. The Labute approximate surface area is 337 Å². The fraction of sp³-hybridized carbons (Fsp3) is 0.703. The van der Waals surface area contributed by atoms with Crippen LogP contribution < -0.4 is 21.3 Å². The zero-order chi connectivity index (χ0) is 42.1. The van der Waals surface area contributed by atoms with Gasteiger partial charge in [0, 0.05) is 56.9 Å². The number of benzene rings is 1. The maximum atomic E-state index is 12.5. The van der Waals surface area contributed by atoms with Crippen molar-refractivity contribution in [3.8, 4) is 0 Å². The minimum Gasteiger partial charge on any atom is -0.477 e. The molecule has 0 unspecified atom stereocenters. The van der Waals surface area contributed by atoms with E-state index in [1.807, 2.05) is 0 Å². The highest BCUT2D eigenvalue weighted by molar-refractivity contribution is 6.30. The van der Waals surface area contributed by atoms with Gasteiger partial charge in [0.05, 0.1) is 77.7 Å². The zero-order valence-corrected chi connectivity index (χ0v) is 33.3. The molecule has 1 saturated heterocycles. The molecule has 1 heterocycles. The third-order valence-electron chi connectivity index (χ3n) is 8.50. The molecule has 8 N–H and O–H groups in total. The Morgan fingerprint density at radius 2 is 1.46 bits per heavy atom. The van der Waals surface area contributed by atoms with Crippen molar-refractivity contribution in [1.82, 2.24) is 21.3 Å². The van der Waals surface area contributed by atoms with E-state index in [9.17, 15) is 44.4 Å². The third kappa shape index (κ3) is 20.2. The molecule has 0 aliphatic carbocycles. The van der Waals surface area contributed by atoms with E-state index in [4.69, 9.17) is 40.0 Å². The molecule has 0 bridgehead atoms. The second-order valence-electron chi connectivity index (χ2n) is 13.2. The van der Waals surface area contributed by atoms with Crippen molar-refractivity contribution in [3.05, 3.63) is 34.9 Å². The maximum absolute atomic E-state index is 12.5. The molecule has 6 atom stereocenters. The monoisotopic (exact) mass is 834 g/mol. The predicted octanol–water partition coefficient (Wildman–Crippen LogP) is -0.487. The van der Waals surface area contributed by atoms with E-state index in [2.05, 4.69) is 21.3 Å². The highest BCUT2D eigenvalue weighted by Gasteiger charge is 2.55. The first-order valence-electron chi connectivity index (χ1n) is 19.0. The first-order valence-corrected chi connectivity index (χ1v) is 19.4. The predicted molar refractivity (Wildman–Crippen MR) is 203 cm³/mol. The van der Waals surface area contributed by atoms with Gasteiger partial charge >= 0.3 is 5.97 Å². The molecule has 1 aromatic rings. The maximum Gasteiger partial charge on any atom is 0.364 e. The average molecular weight is 835 g/mol. The van der Waals surface area contributed by atoms with Gasteiger partial charge in [-0.1, -0.05) is 30.5 Å². The number of unbranched alkanes of at least 4 members (excludes halogenated alkanes) is 3. The molecule has 57 heavy (non-hydrogen) atoms. The molecule has 0 aromatic heterocycles. The van der Waals surface area contributed by atoms with Crippen molar-refractivity contribution in [3.63, 3.8) is 0 Å². The minimum atomic E-state index is -2.41. The molecule has 0 spiro atoms. The molecule has 19 nitrogen and oxygen atoms in total. The van der Waals surface area contributed by atoms with Crippen molar-refractivity contribution in [2.75, 3.05) is 79.1 Å². The largest absolute Gasteiger partial charge is 0.477 e. The molecule has 1 aliphatic rings. The van der Waals surface area contributed by atoms with Crippen LogP contribution in [-0.4, -0.2) is 165 Å². The summed E-state index contributed by atoms with van der Waals surface area (Å²) in [5, 5.41) is 53.5. The molecule has 1 aliphatic heterocycles. The Morgan fingerprint density at radius 3 is 2.07 bits per heavy atom. The molecule has 2 rings (SSSR count). The fourth-order valence-corrected chi connectivity index (χ4v) is 5.77. The van der Waals surface area contributed by atoms with E-state index in [1.165, 1.54) is 19.1 Å². The van der Waals surface area contributed by atoms with Gasteiger partial charge in [0.2, 0.25) is 17.7 Å². The van der Waals surface area contributed by atoms with Crippen molar-refractivity contribution in [1.29, 1.82) is 0 Å². The quantitative estimate of drug-likeness (QED) is 0.0455. The van der Waals surface area contributed by atoms with Crippen LogP contribution in [0.5, 0.6) is 0 Å². The molecule has 0 radical (unpaired) electrons. The zero-order valence-electron chi connectivity index (χ0n) is 32.6. The Morgan fingerprint density at radius 1 is 0.825 bits per heavy atom. The SMILES string of the molecule is CC(=O)NCCOCCOCCOCCOCCC(=O)NCCCCCCO[C@]1(C(=O)O)C[C@H](O)[C@@H](NC(C)=O)[C@H]([C@H](O)[C@H](O)CNC(=O)c2cccc(Cl)c2)O1. The van der Waals surface area contributed by atoms with Crippen LogP contribution >= 0.6 is 11.6 Å². The van der Waals surface area contributed by atoms with Crippen LogP contribution in [0.1, 0.15) is 62.7 Å². The summed E-state index contributed by atoms with van der Waals surface area (Å²) in [5.74, 6) is -5.46. The normalized spacial score (nSPS) is 20.3. The van der Waals surface area contributed by atoms with Crippen LogP contribution in [0.15, 0.2) is 24.3 Å². The lowest BCUT2D eigenvalue weighted by Gasteiger charge is -2.46. The number of carboxylic acid groups (broad SMARTS) is 1. The minimum absolute atomic E-state index is 0.0948. The van der Waals surface area contributed by atoms with E-state index < -0.39 is 67.0 Å². The van der Waals surface area contributed by atoms with Gasteiger partial charge in [-0.15, -0.1) is 0 Å².